The molecule has 0 spiro atoms. The van der Waals surface area contributed by atoms with Crippen LogP contribution in [0.2, 0.25) is 0 Å². The molecule has 2 fully saturated rings. The van der Waals surface area contributed by atoms with Gasteiger partial charge in [-0.2, -0.15) is 0 Å². The average molecular weight is 210 g/mol. The molecule has 0 radical (unpaired) electrons. The predicted molar refractivity (Wildman–Crippen MR) is 60.3 cm³/mol. The fourth-order valence-corrected chi connectivity index (χ4v) is 2.61. The van der Waals surface area contributed by atoms with Crippen molar-refractivity contribution in [2.75, 3.05) is 0 Å². The topological polar surface area (TPSA) is 55.1 Å². The molecule has 3 N–H and O–H groups in total. The first kappa shape index (κ1) is 10.9. The van der Waals surface area contributed by atoms with Crippen molar-refractivity contribution in [2.24, 2.45) is 11.7 Å². The zero-order valence-electron chi connectivity index (χ0n) is 9.59. The predicted octanol–water partition coefficient (Wildman–Crippen LogP) is 1.56. The molecular weight excluding hydrogens is 188 g/mol. The van der Waals surface area contributed by atoms with Crippen molar-refractivity contribution in [2.45, 2.75) is 63.5 Å². The largest absolute Gasteiger partial charge is 0.351 e. The molecule has 0 saturated heterocycles. The van der Waals surface area contributed by atoms with Crippen molar-refractivity contribution in [3.63, 3.8) is 0 Å². The first-order valence-corrected chi connectivity index (χ1v) is 6.17. The summed E-state index contributed by atoms with van der Waals surface area (Å²) in [7, 11) is 0. The highest BCUT2D eigenvalue weighted by atomic mass is 16.2. The monoisotopic (exact) mass is 210 g/mol. The number of nitrogens with two attached hydrogens (primary N) is 1. The molecule has 2 aliphatic carbocycles. The van der Waals surface area contributed by atoms with E-state index in [0.29, 0.717) is 6.04 Å². The average Bonchev–Trinajstić information content (AvgIpc) is 2.16. The van der Waals surface area contributed by atoms with Crippen LogP contribution in [0.5, 0.6) is 0 Å². The molecule has 15 heavy (non-hydrogen) atoms. The normalized spacial score (nSPS) is 34.3. The van der Waals surface area contributed by atoms with Crippen molar-refractivity contribution in [1.82, 2.24) is 5.32 Å². The van der Waals surface area contributed by atoms with E-state index in [1.165, 1.54) is 6.42 Å². The zero-order valence-corrected chi connectivity index (χ0v) is 9.59. The summed E-state index contributed by atoms with van der Waals surface area (Å²) in [4.78, 5) is 12.0. The van der Waals surface area contributed by atoms with Crippen LogP contribution in [0.25, 0.3) is 0 Å². The molecular formula is C12H22N2O. The highest BCUT2D eigenvalue weighted by molar-refractivity contribution is 5.79. The van der Waals surface area contributed by atoms with E-state index in [9.17, 15) is 4.79 Å². The molecule has 3 nitrogen and oxygen atoms in total. The number of nitrogens with one attached hydrogen (secondary N) is 1. The van der Waals surface area contributed by atoms with Crippen molar-refractivity contribution in [3.8, 4) is 0 Å². The molecule has 2 rings (SSSR count). The van der Waals surface area contributed by atoms with Crippen molar-refractivity contribution >= 4 is 5.91 Å². The van der Waals surface area contributed by atoms with E-state index in [1.54, 1.807) is 0 Å². The van der Waals surface area contributed by atoms with Gasteiger partial charge in [-0.15, -0.1) is 0 Å². The van der Waals surface area contributed by atoms with Crippen LogP contribution in [0.1, 0.15) is 51.9 Å². The van der Waals surface area contributed by atoms with Gasteiger partial charge in [0.15, 0.2) is 0 Å². The van der Waals surface area contributed by atoms with Gasteiger partial charge in [0.2, 0.25) is 5.91 Å². The van der Waals surface area contributed by atoms with Crippen LogP contribution >= 0.6 is 0 Å². The van der Waals surface area contributed by atoms with Gasteiger partial charge in [0.05, 0.1) is 0 Å². The molecule has 0 unspecified atom stereocenters. The minimum absolute atomic E-state index is 0.108. The van der Waals surface area contributed by atoms with E-state index in [1.807, 2.05) is 0 Å². The number of hydrogen-bond donors (Lipinski definition) is 2. The molecule has 0 atom stereocenters. The highest BCUT2D eigenvalue weighted by Gasteiger charge is 2.35. The van der Waals surface area contributed by atoms with Crippen LogP contribution in [0.3, 0.4) is 0 Å². The van der Waals surface area contributed by atoms with Gasteiger partial charge in [0, 0.05) is 17.5 Å². The third-order valence-corrected chi connectivity index (χ3v) is 4.02. The molecule has 0 aliphatic heterocycles. The second kappa shape index (κ2) is 4.12. The number of hydrogen-bond acceptors (Lipinski definition) is 2. The third kappa shape index (κ3) is 2.51. The van der Waals surface area contributed by atoms with Crippen molar-refractivity contribution in [1.29, 1.82) is 0 Å². The Morgan fingerprint density at radius 3 is 2.33 bits per heavy atom. The Labute approximate surface area is 91.8 Å². The molecule has 1 amide bonds. The maximum Gasteiger partial charge on any atom is 0.223 e. The van der Waals surface area contributed by atoms with Gasteiger partial charge < -0.3 is 11.1 Å². The minimum Gasteiger partial charge on any atom is -0.351 e. The quantitative estimate of drug-likeness (QED) is 0.726. The summed E-state index contributed by atoms with van der Waals surface area (Å²) in [5.74, 6) is 0.492. The van der Waals surface area contributed by atoms with Gasteiger partial charge in [-0.1, -0.05) is 0 Å². The van der Waals surface area contributed by atoms with E-state index >= 15 is 0 Å². The fourth-order valence-electron chi connectivity index (χ4n) is 2.61. The van der Waals surface area contributed by atoms with E-state index in [2.05, 4.69) is 12.2 Å². The van der Waals surface area contributed by atoms with Crippen LogP contribution in [0.4, 0.5) is 0 Å². The van der Waals surface area contributed by atoms with E-state index in [0.717, 1.165) is 38.5 Å². The molecule has 0 heterocycles. The summed E-state index contributed by atoms with van der Waals surface area (Å²) >= 11 is 0. The molecule has 0 aromatic rings. The van der Waals surface area contributed by atoms with Crippen LogP contribution in [0, 0.1) is 5.92 Å². The first-order chi connectivity index (χ1) is 7.09. The SMILES string of the molecule is CC1(NC(=O)C2CCC(N)CC2)CCC1. The Balaban J connectivity index is 1.80. The minimum atomic E-state index is 0.108. The number of carbonyl (C=O) groups excluding carboxylic acids is 1. The lowest BCUT2D eigenvalue weighted by atomic mass is 9.77. The van der Waals surface area contributed by atoms with Gasteiger partial charge in [0.25, 0.3) is 0 Å². The lowest BCUT2D eigenvalue weighted by Crippen LogP contribution is -2.53. The standard InChI is InChI=1S/C12H22N2O/c1-12(7-2-8-12)14-11(15)9-3-5-10(13)6-4-9/h9-10H,2-8,13H2,1H3,(H,14,15). The second-order valence-electron chi connectivity index (χ2n) is 5.52. The molecule has 2 saturated carbocycles. The lowest BCUT2D eigenvalue weighted by molar-refractivity contribution is -0.128. The van der Waals surface area contributed by atoms with E-state index < -0.39 is 0 Å². The van der Waals surface area contributed by atoms with Crippen LogP contribution < -0.4 is 11.1 Å². The Morgan fingerprint density at radius 1 is 1.27 bits per heavy atom. The summed E-state index contributed by atoms with van der Waals surface area (Å²) in [6.45, 7) is 2.16. The van der Waals surface area contributed by atoms with Gasteiger partial charge in [-0.05, 0) is 51.9 Å². The summed E-state index contributed by atoms with van der Waals surface area (Å²) < 4.78 is 0. The van der Waals surface area contributed by atoms with E-state index in [-0.39, 0.29) is 17.4 Å². The molecule has 0 bridgehead atoms. The molecule has 0 aromatic heterocycles. The summed E-state index contributed by atoms with van der Waals surface area (Å²) in [5, 5.41) is 3.20. The lowest BCUT2D eigenvalue weighted by Gasteiger charge is -2.40. The van der Waals surface area contributed by atoms with E-state index in [4.69, 9.17) is 5.73 Å². The third-order valence-electron chi connectivity index (χ3n) is 4.02. The van der Waals surface area contributed by atoms with Gasteiger partial charge >= 0.3 is 0 Å². The highest BCUT2D eigenvalue weighted by Crippen LogP contribution is 2.32. The molecule has 3 heteroatoms. The Kier molecular flexibility index (Phi) is 3.01. The summed E-state index contributed by atoms with van der Waals surface area (Å²) in [6, 6.07) is 0.327. The van der Waals surface area contributed by atoms with Crippen LogP contribution in [-0.2, 0) is 4.79 Å². The summed E-state index contributed by atoms with van der Waals surface area (Å²) in [6.07, 6.45) is 7.51. The Morgan fingerprint density at radius 2 is 1.87 bits per heavy atom. The zero-order chi connectivity index (χ0) is 10.9. The number of amides is 1. The molecule has 0 aromatic carbocycles. The van der Waals surface area contributed by atoms with Gasteiger partial charge in [-0.25, -0.2) is 0 Å². The van der Waals surface area contributed by atoms with Crippen LogP contribution in [0.15, 0.2) is 0 Å². The first-order valence-electron chi connectivity index (χ1n) is 6.17. The second-order valence-corrected chi connectivity index (χ2v) is 5.52. The number of rotatable bonds is 2. The van der Waals surface area contributed by atoms with Crippen molar-refractivity contribution < 1.29 is 4.79 Å². The number of carbonyl (C=O) groups is 1. The van der Waals surface area contributed by atoms with Gasteiger partial charge in [0.1, 0.15) is 0 Å². The van der Waals surface area contributed by atoms with Gasteiger partial charge in [-0.3, -0.25) is 4.79 Å². The Hall–Kier alpha value is -0.570. The van der Waals surface area contributed by atoms with Crippen molar-refractivity contribution in [3.05, 3.63) is 0 Å². The fraction of sp³-hybridized carbons (Fsp3) is 0.917. The smallest absolute Gasteiger partial charge is 0.223 e. The maximum absolute atomic E-state index is 12.0. The molecule has 86 valence electrons. The maximum atomic E-state index is 12.0. The Bertz CT molecular complexity index is 240. The van der Waals surface area contributed by atoms with Crippen LogP contribution in [-0.4, -0.2) is 17.5 Å². The molecule has 2 aliphatic rings. The summed E-state index contributed by atoms with van der Waals surface area (Å²) in [5.41, 5.74) is 5.94.